The van der Waals surface area contributed by atoms with E-state index >= 15 is 4.79 Å². The Morgan fingerprint density at radius 3 is 2.43 bits per heavy atom. The van der Waals surface area contributed by atoms with Gasteiger partial charge < -0.3 is 24.4 Å². The third-order valence-electron chi connectivity index (χ3n) is 9.47. The Bertz CT molecular complexity index is 1910. The van der Waals surface area contributed by atoms with Crippen molar-refractivity contribution in [1.82, 2.24) is 0 Å². The maximum absolute atomic E-state index is 15.1. The number of carbonyl (C=O) groups is 3. The predicted octanol–water partition coefficient (Wildman–Crippen LogP) is 5.67. The highest BCUT2D eigenvalue weighted by molar-refractivity contribution is 6.18. The molecule has 0 aliphatic carbocycles. The van der Waals surface area contributed by atoms with Gasteiger partial charge in [-0.1, -0.05) is 42.5 Å². The molecule has 4 aliphatic rings. The number of ether oxygens (including phenoxy) is 3. The molecule has 0 saturated carbocycles. The topological polar surface area (TPSA) is 94.2 Å². The van der Waals surface area contributed by atoms with Gasteiger partial charge in [-0.15, -0.1) is 0 Å². The molecule has 4 aromatic rings. The average molecular weight is 585 g/mol. The summed E-state index contributed by atoms with van der Waals surface area (Å²) in [6.07, 6.45) is 2.05. The zero-order valence-corrected chi connectivity index (χ0v) is 24.1. The molecule has 0 radical (unpaired) electrons. The van der Waals surface area contributed by atoms with Gasteiger partial charge in [0.1, 0.15) is 17.2 Å². The number of Topliss-reactive ketones (excluding diaryl/α,β-unsaturated/α-hetero) is 2. The number of nitrogens with one attached hydrogen (secondary N) is 1. The molecule has 4 heterocycles. The molecule has 1 fully saturated rings. The van der Waals surface area contributed by atoms with Crippen molar-refractivity contribution in [3.8, 4) is 17.2 Å². The monoisotopic (exact) mass is 584 g/mol. The molecule has 4 atom stereocenters. The first kappa shape index (κ1) is 26.3. The van der Waals surface area contributed by atoms with Crippen molar-refractivity contribution in [3.05, 3.63) is 119 Å². The number of anilines is 2. The van der Waals surface area contributed by atoms with Gasteiger partial charge >= 0.3 is 0 Å². The van der Waals surface area contributed by atoms with E-state index in [0.717, 1.165) is 16.8 Å². The number of hydrogen-bond acceptors (Lipinski definition) is 7. The molecule has 44 heavy (non-hydrogen) atoms. The fraction of sp³-hybridized carbons (Fsp3) is 0.194. The largest absolute Gasteiger partial charge is 0.497 e. The van der Waals surface area contributed by atoms with Crippen molar-refractivity contribution in [2.75, 3.05) is 24.1 Å². The minimum absolute atomic E-state index is 0.0609. The van der Waals surface area contributed by atoms with E-state index in [1.165, 1.54) is 0 Å². The summed E-state index contributed by atoms with van der Waals surface area (Å²) in [4.78, 5) is 46.5. The van der Waals surface area contributed by atoms with Gasteiger partial charge in [-0.05, 0) is 72.7 Å². The van der Waals surface area contributed by atoms with Gasteiger partial charge in [0.15, 0.2) is 23.1 Å². The van der Waals surface area contributed by atoms with E-state index in [-0.39, 0.29) is 24.3 Å². The van der Waals surface area contributed by atoms with E-state index in [2.05, 4.69) is 5.32 Å². The number of para-hydroxylation sites is 2. The van der Waals surface area contributed by atoms with Crippen molar-refractivity contribution >= 4 is 34.4 Å². The highest BCUT2D eigenvalue weighted by atomic mass is 16.7. The number of nitrogens with zero attached hydrogens (tertiary/aromatic N) is 1. The maximum atomic E-state index is 15.1. The van der Waals surface area contributed by atoms with Crippen molar-refractivity contribution in [3.63, 3.8) is 0 Å². The number of hydrogen-bond donors (Lipinski definition) is 1. The number of benzene rings is 4. The molecule has 218 valence electrons. The number of rotatable bonds is 5. The molecule has 0 unspecified atom stereocenters. The lowest BCUT2D eigenvalue weighted by Crippen LogP contribution is -2.51. The number of amides is 1. The lowest BCUT2D eigenvalue weighted by atomic mass is 9.64. The highest BCUT2D eigenvalue weighted by Crippen LogP contribution is 2.59. The van der Waals surface area contributed by atoms with E-state index in [9.17, 15) is 9.59 Å². The maximum Gasteiger partial charge on any atom is 0.238 e. The molecule has 8 nitrogen and oxygen atoms in total. The Kier molecular flexibility index (Phi) is 5.71. The first-order chi connectivity index (χ1) is 21.4. The average Bonchev–Trinajstić information content (AvgIpc) is 3.73. The van der Waals surface area contributed by atoms with Gasteiger partial charge in [-0.25, -0.2) is 0 Å². The highest BCUT2D eigenvalue weighted by Gasteiger charge is 2.70. The third-order valence-corrected chi connectivity index (χ3v) is 9.47. The molecule has 8 rings (SSSR count). The van der Waals surface area contributed by atoms with Crippen molar-refractivity contribution in [2.24, 2.45) is 5.92 Å². The minimum Gasteiger partial charge on any atom is -0.497 e. The van der Waals surface area contributed by atoms with Crippen LogP contribution in [-0.4, -0.2) is 43.5 Å². The Morgan fingerprint density at radius 2 is 1.61 bits per heavy atom. The van der Waals surface area contributed by atoms with E-state index in [4.69, 9.17) is 14.2 Å². The summed E-state index contributed by atoms with van der Waals surface area (Å²) < 4.78 is 16.5. The van der Waals surface area contributed by atoms with Crippen LogP contribution in [0.15, 0.2) is 97.1 Å². The van der Waals surface area contributed by atoms with Crippen LogP contribution in [0.3, 0.4) is 0 Å². The van der Waals surface area contributed by atoms with Crippen LogP contribution in [-0.2, 0) is 10.2 Å². The molecule has 1 N–H and O–H groups in total. The summed E-state index contributed by atoms with van der Waals surface area (Å²) in [5.41, 5.74) is 3.45. The molecular weight excluding hydrogens is 556 g/mol. The second-order valence-corrected chi connectivity index (χ2v) is 11.5. The van der Waals surface area contributed by atoms with Crippen LogP contribution in [0, 0.1) is 5.92 Å². The minimum atomic E-state index is -1.40. The summed E-state index contributed by atoms with van der Waals surface area (Å²) in [5, 5.41) is 3.07. The summed E-state index contributed by atoms with van der Waals surface area (Å²) in [6.45, 7) is 2.07. The summed E-state index contributed by atoms with van der Waals surface area (Å²) in [5.74, 6) is -0.351. The van der Waals surface area contributed by atoms with Gasteiger partial charge in [0.2, 0.25) is 12.7 Å². The van der Waals surface area contributed by atoms with E-state index < -0.39 is 23.4 Å². The third kappa shape index (κ3) is 3.48. The molecule has 1 spiro atoms. The summed E-state index contributed by atoms with van der Waals surface area (Å²) >= 11 is 0. The molecule has 8 heteroatoms. The molecule has 0 aromatic heterocycles. The number of allylic oxidation sites excluding steroid dienone is 1. The van der Waals surface area contributed by atoms with Crippen LogP contribution in [0.4, 0.5) is 11.4 Å². The Hall–Kier alpha value is -5.37. The predicted molar refractivity (Wildman–Crippen MR) is 165 cm³/mol. The number of ketones is 2. The van der Waals surface area contributed by atoms with Gasteiger partial charge in [0.25, 0.3) is 0 Å². The van der Waals surface area contributed by atoms with Gasteiger partial charge in [-0.3, -0.25) is 14.4 Å². The van der Waals surface area contributed by atoms with Crippen LogP contribution in [0.25, 0.3) is 5.57 Å². The smallest absolute Gasteiger partial charge is 0.238 e. The van der Waals surface area contributed by atoms with Crippen molar-refractivity contribution in [1.29, 1.82) is 0 Å². The molecule has 4 aromatic carbocycles. The molecule has 0 bridgehead atoms. The lowest BCUT2D eigenvalue weighted by molar-refractivity contribution is -0.121. The van der Waals surface area contributed by atoms with E-state index in [1.54, 1.807) is 49.6 Å². The first-order valence-electron chi connectivity index (χ1n) is 14.5. The molecule has 1 saturated heterocycles. The van der Waals surface area contributed by atoms with Gasteiger partial charge in [-0.2, -0.15) is 0 Å². The quantitative estimate of drug-likeness (QED) is 0.302. The van der Waals surface area contributed by atoms with Gasteiger partial charge in [0.05, 0.1) is 19.1 Å². The van der Waals surface area contributed by atoms with Crippen LogP contribution >= 0.6 is 0 Å². The number of carbonyl (C=O) groups excluding carboxylic acids is 3. The Balaban J connectivity index is 1.41. The lowest BCUT2D eigenvalue weighted by Gasteiger charge is -2.39. The number of fused-ring (bicyclic) bond motifs is 7. The second kappa shape index (κ2) is 9.57. The standard InChI is InChI=1S/C36H28N2O6/c1-20-17-30-36(25-8-4-5-9-26(25)37-35(36)41)31(33(39)22-13-16-28-29(18-22)44-19-43-28)32(38(30)27-10-6-3-7-24(20)27)34(40)21-11-14-23(42-2)15-12-21/h3-18,30-32H,19H2,1-2H3,(H,37,41)/t30-,31-,32+,36+/m0/s1. The van der Waals surface area contributed by atoms with E-state index in [0.29, 0.717) is 39.6 Å². The van der Waals surface area contributed by atoms with Crippen LogP contribution in [0.2, 0.25) is 0 Å². The first-order valence-corrected chi connectivity index (χ1v) is 14.5. The number of methoxy groups -OCH3 is 1. The SMILES string of the molecule is COc1ccc(C(=O)[C@H]2[C@@H](C(=O)c3ccc4c(c3)OCO4)[C@]3(C(=O)Nc4ccccc43)[C@@H]3C=C(C)c4ccccc4N32)cc1. The van der Waals surface area contributed by atoms with Crippen LogP contribution in [0.1, 0.15) is 38.8 Å². The van der Waals surface area contributed by atoms with E-state index in [1.807, 2.05) is 66.4 Å². The Labute approximate surface area is 253 Å². The van der Waals surface area contributed by atoms with Crippen molar-refractivity contribution in [2.45, 2.75) is 24.4 Å². The fourth-order valence-corrected chi connectivity index (χ4v) is 7.54. The Morgan fingerprint density at radius 1 is 0.886 bits per heavy atom. The zero-order valence-electron chi connectivity index (χ0n) is 24.1. The molecule has 4 aliphatic heterocycles. The normalized spacial score (nSPS) is 23.9. The summed E-state index contributed by atoms with van der Waals surface area (Å²) in [6, 6.07) is 25.6. The molecule has 1 amide bonds. The second-order valence-electron chi connectivity index (χ2n) is 11.5. The zero-order chi connectivity index (χ0) is 30.2. The van der Waals surface area contributed by atoms with Crippen LogP contribution in [0.5, 0.6) is 17.2 Å². The molecular formula is C36H28N2O6. The van der Waals surface area contributed by atoms with Crippen LogP contribution < -0.4 is 24.4 Å². The van der Waals surface area contributed by atoms with Crippen molar-refractivity contribution < 1.29 is 28.6 Å². The fourth-order valence-electron chi connectivity index (χ4n) is 7.54. The van der Waals surface area contributed by atoms with Gasteiger partial charge in [0, 0.05) is 28.1 Å². The summed E-state index contributed by atoms with van der Waals surface area (Å²) in [7, 11) is 1.57.